The number of aliphatic hydroxyl groups excluding tert-OH is 1. The van der Waals surface area contributed by atoms with Gasteiger partial charge in [0, 0.05) is 12.1 Å². The minimum absolute atomic E-state index is 0.179. The predicted octanol–water partition coefficient (Wildman–Crippen LogP) is 5.91. The fourth-order valence-corrected chi connectivity index (χ4v) is 4.25. The monoisotopic (exact) mass is 427 g/mol. The average molecular weight is 428 g/mol. The van der Waals surface area contributed by atoms with Crippen LogP contribution < -0.4 is 4.74 Å². The normalized spacial score (nSPS) is 16.2. The van der Waals surface area contributed by atoms with E-state index in [-0.39, 0.29) is 17.7 Å². The Kier molecular flexibility index (Phi) is 6.31. The third-order valence-electron chi connectivity index (χ3n) is 6.11. The van der Waals surface area contributed by atoms with E-state index < -0.39 is 0 Å². The highest BCUT2D eigenvalue weighted by Crippen LogP contribution is 2.43. The van der Waals surface area contributed by atoms with Crippen LogP contribution in [-0.2, 0) is 11.2 Å². The second-order valence-electron chi connectivity index (χ2n) is 8.45. The summed E-state index contributed by atoms with van der Waals surface area (Å²) in [5.74, 6) is 0.649. The smallest absolute Gasteiger partial charge is 0.289 e. The summed E-state index contributed by atoms with van der Waals surface area (Å²) in [5, 5.41) is 10.9. The number of hydrogen-bond acceptors (Lipinski definition) is 3. The number of methoxy groups -OCH3 is 1. The fourth-order valence-electron chi connectivity index (χ4n) is 4.25. The molecule has 1 amide bonds. The van der Waals surface area contributed by atoms with Gasteiger partial charge in [-0.3, -0.25) is 4.79 Å². The number of hydrogen-bond donors (Lipinski definition) is 1. The van der Waals surface area contributed by atoms with E-state index in [9.17, 15) is 9.90 Å². The van der Waals surface area contributed by atoms with Crippen LogP contribution in [0.4, 0.5) is 0 Å². The summed E-state index contributed by atoms with van der Waals surface area (Å²) in [4.78, 5) is 15.0. The number of aliphatic hydroxyl groups is 1. The van der Waals surface area contributed by atoms with Crippen LogP contribution in [0.15, 0.2) is 84.6 Å². The van der Waals surface area contributed by atoms with Crippen molar-refractivity contribution in [3.05, 3.63) is 107 Å². The Hall–Kier alpha value is -3.53. The van der Waals surface area contributed by atoms with Gasteiger partial charge in [-0.2, -0.15) is 0 Å². The molecule has 0 fully saturated rings. The van der Waals surface area contributed by atoms with Gasteiger partial charge in [-0.15, -0.1) is 0 Å². The number of ether oxygens (including phenoxy) is 1. The minimum atomic E-state index is -0.346. The molecule has 32 heavy (non-hydrogen) atoms. The maximum Gasteiger partial charge on any atom is 0.289 e. The van der Waals surface area contributed by atoms with Gasteiger partial charge in [0.25, 0.3) is 5.91 Å². The van der Waals surface area contributed by atoms with Crippen molar-refractivity contribution in [3.63, 3.8) is 0 Å². The summed E-state index contributed by atoms with van der Waals surface area (Å²) in [6.07, 6.45) is 0.719. The lowest BCUT2D eigenvalue weighted by Gasteiger charge is -2.28. The van der Waals surface area contributed by atoms with Gasteiger partial charge in [0.05, 0.1) is 13.2 Å². The lowest BCUT2D eigenvalue weighted by Crippen LogP contribution is -2.32. The third kappa shape index (κ3) is 4.26. The first-order valence-electron chi connectivity index (χ1n) is 11.0. The van der Waals surface area contributed by atoms with Gasteiger partial charge in [0.15, 0.2) is 5.76 Å². The van der Waals surface area contributed by atoms with Gasteiger partial charge < -0.3 is 14.7 Å². The first kappa shape index (κ1) is 21.7. The van der Waals surface area contributed by atoms with Gasteiger partial charge in [-0.1, -0.05) is 80.6 Å². The molecule has 0 aliphatic carbocycles. The highest BCUT2D eigenvalue weighted by molar-refractivity contribution is 6.05. The highest BCUT2D eigenvalue weighted by atomic mass is 16.5. The molecule has 4 heteroatoms. The number of benzene rings is 3. The molecule has 0 aromatic heterocycles. The van der Waals surface area contributed by atoms with Crippen LogP contribution in [0.2, 0.25) is 0 Å². The SMILES string of the molecule is COc1ccc(C2=C(O)C(=O)N(CCc3ccccc3)[C@H]2c2ccc(C(C)C)cc2)cc1. The van der Waals surface area contributed by atoms with Crippen LogP contribution in [-0.4, -0.2) is 29.6 Å². The number of rotatable bonds is 7. The quantitative estimate of drug-likeness (QED) is 0.510. The number of nitrogens with zero attached hydrogens (tertiary/aromatic N) is 1. The van der Waals surface area contributed by atoms with Crippen LogP contribution in [0.1, 0.15) is 48.1 Å². The van der Waals surface area contributed by atoms with Crippen molar-refractivity contribution in [3.8, 4) is 5.75 Å². The maximum absolute atomic E-state index is 13.2. The van der Waals surface area contributed by atoms with E-state index in [1.165, 1.54) is 5.56 Å². The number of carbonyl (C=O) groups is 1. The van der Waals surface area contributed by atoms with Gasteiger partial charge in [0.2, 0.25) is 0 Å². The van der Waals surface area contributed by atoms with E-state index in [4.69, 9.17) is 4.74 Å². The van der Waals surface area contributed by atoms with Crippen molar-refractivity contribution < 1.29 is 14.6 Å². The summed E-state index contributed by atoms with van der Waals surface area (Å²) < 4.78 is 5.28. The molecule has 1 N–H and O–H groups in total. The Morgan fingerprint density at radius 2 is 1.59 bits per heavy atom. The molecule has 0 saturated heterocycles. The zero-order valence-electron chi connectivity index (χ0n) is 18.8. The molecule has 4 rings (SSSR count). The largest absolute Gasteiger partial charge is 0.503 e. The highest BCUT2D eigenvalue weighted by Gasteiger charge is 2.40. The molecule has 0 radical (unpaired) electrons. The molecule has 3 aromatic rings. The van der Waals surface area contributed by atoms with E-state index in [1.807, 2.05) is 42.5 Å². The lowest BCUT2D eigenvalue weighted by molar-refractivity contribution is -0.129. The van der Waals surface area contributed by atoms with E-state index in [0.29, 0.717) is 18.0 Å². The van der Waals surface area contributed by atoms with Crippen molar-refractivity contribution in [2.45, 2.75) is 32.2 Å². The molecule has 3 aromatic carbocycles. The second kappa shape index (κ2) is 9.31. The summed E-state index contributed by atoms with van der Waals surface area (Å²) in [6.45, 7) is 4.84. The molecule has 1 aliphatic rings. The minimum Gasteiger partial charge on any atom is -0.503 e. The van der Waals surface area contributed by atoms with E-state index in [2.05, 4.69) is 50.2 Å². The molecule has 0 bridgehead atoms. The molecule has 1 heterocycles. The van der Waals surface area contributed by atoms with Gasteiger partial charge >= 0.3 is 0 Å². The summed E-state index contributed by atoms with van der Waals surface area (Å²) >= 11 is 0. The molecule has 164 valence electrons. The molecule has 4 nitrogen and oxygen atoms in total. The fraction of sp³-hybridized carbons (Fsp3) is 0.250. The molecule has 0 saturated carbocycles. The molecule has 1 aliphatic heterocycles. The topological polar surface area (TPSA) is 49.8 Å². The molecule has 1 atom stereocenters. The Balaban J connectivity index is 1.73. The van der Waals surface area contributed by atoms with Crippen LogP contribution in [0.3, 0.4) is 0 Å². The van der Waals surface area contributed by atoms with Crippen LogP contribution in [0.25, 0.3) is 5.57 Å². The zero-order valence-corrected chi connectivity index (χ0v) is 18.8. The number of amides is 1. The Morgan fingerprint density at radius 3 is 2.19 bits per heavy atom. The maximum atomic E-state index is 13.2. The van der Waals surface area contributed by atoms with Gasteiger partial charge in [-0.25, -0.2) is 0 Å². The van der Waals surface area contributed by atoms with E-state index >= 15 is 0 Å². The Bertz CT molecular complexity index is 1100. The van der Waals surface area contributed by atoms with Gasteiger partial charge in [0.1, 0.15) is 5.75 Å². The standard InChI is InChI=1S/C28H29NO3/c1-19(2)21-9-11-23(12-10-21)26-25(22-13-15-24(32-3)16-14-22)27(30)28(31)29(26)18-17-20-7-5-4-6-8-20/h4-16,19,26,30H,17-18H2,1-3H3/t26-/m0/s1. The molecule has 0 spiro atoms. The number of carbonyl (C=O) groups excluding carboxylic acids is 1. The Labute approximate surface area is 189 Å². The summed E-state index contributed by atoms with van der Waals surface area (Å²) in [5.41, 5.74) is 4.85. The van der Waals surface area contributed by atoms with Crippen LogP contribution >= 0.6 is 0 Å². The predicted molar refractivity (Wildman–Crippen MR) is 128 cm³/mol. The average Bonchev–Trinajstić information content (AvgIpc) is 3.08. The van der Waals surface area contributed by atoms with Crippen molar-refractivity contribution in [2.75, 3.05) is 13.7 Å². The molecular formula is C28H29NO3. The zero-order chi connectivity index (χ0) is 22.7. The van der Waals surface area contributed by atoms with Crippen molar-refractivity contribution in [1.82, 2.24) is 4.90 Å². The molecule has 0 unspecified atom stereocenters. The van der Waals surface area contributed by atoms with Crippen molar-refractivity contribution in [1.29, 1.82) is 0 Å². The Morgan fingerprint density at radius 1 is 0.938 bits per heavy atom. The molecular weight excluding hydrogens is 398 g/mol. The lowest BCUT2D eigenvalue weighted by atomic mass is 9.91. The van der Waals surface area contributed by atoms with Crippen molar-refractivity contribution in [2.24, 2.45) is 0 Å². The first-order chi connectivity index (χ1) is 15.5. The van der Waals surface area contributed by atoms with E-state index in [1.54, 1.807) is 12.0 Å². The first-order valence-corrected chi connectivity index (χ1v) is 11.0. The van der Waals surface area contributed by atoms with Crippen LogP contribution in [0.5, 0.6) is 5.75 Å². The van der Waals surface area contributed by atoms with Gasteiger partial charge in [-0.05, 0) is 46.7 Å². The third-order valence-corrected chi connectivity index (χ3v) is 6.11. The van der Waals surface area contributed by atoms with Crippen molar-refractivity contribution >= 4 is 11.5 Å². The second-order valence-corrected chi connectivity index (χ2v) is 8.45. The summed E-state index contributed by atoms with van der Waals surface area (Å²) in [6, 6.07) is 25.6. The van der Waals surface area contributed by atoms with Crippen LogP contribution in [0, 0.1) is 0 Å². The summed E-state index contributed by atoms with van der Waals surface area (Å²) in [7, 11) is 1.62. The van der Waals surface area contributed by atoms with E-state index in [0.717, 1.165) is 28.9 Å².